The monoisotopic (exact) mass is 391 g/mol. The summed E-state index contributed by atoms with van der Waals surface area (Å²) in [6, 6.07) is 15.9. The summed E-state index contributed by atoms with van der Waals surface area (Å²) in [5.74, 6) is 0.309. The molecule has 0 aliphatic carbocycles. The van der Waals surface area contributed by atoms with Crippen molar-refractivity contribution in [2.45, 2.75) is 32.6 Å². The number of imidazole rings is 1. The molecule has 2 N–H and O–H groups in total. The van der Waals surface area contributed by atoms with E-state index in [9.17, 15) is 4.79 Å². The number of aromatic nitrogens is 2. The number of halogens is 1. The molecule has 2 heterocycles. The lowest BCUT2D eigenvalue weighted by atomic mass is 9.94. The number of carbonyl (C=O) groups is 1. The van der Waals surface area contributed by atoms with Crippen LogP contribution in [0.3, 0.4) is 0 Å². The molecule has 4 rings (SSSR count). The highest BCUT2D eigenvalue weighted by atomic mass is 35.5. The first-order valence-corrected chi connectivity index (χ1v) is 9.63. The molecule has 2 aromatic carbocycles. The normalized spacial score (nSPS) is 13.4. The maximum absolute atomic E-state index is 12.1. The number of nitrogens with two attached hydrogens (primary N) is 1. The first-order valence-electron chi connectivity index (χ1n) is 9.25. The summed E-state index contributed by atoms with van der Waals surface area (Å²) in [6.07, 6.45) is 2.65. The molecule has 3 aromatic rings. The second-order valence-electron chi connectivity index (χ2n) is 8.00. The van der Waals surface area contributed by atoms with Crippen LogP contribution in [-0.2, 0) is 11.8 Å². The molecule has 0 atom stereocenters. The average molecular weight is 392 g/mol. The van der Waals surface area contributed by atoms with E-state index in [2.05, 4.69) is 48.5 Å². The van der Waals surface area contributed by atoms with E-state index in [4.69, 9.17) is 17.3 Å². The SMILES string of the molecule is CC(C)(C)c1nc(C(N)=O)c2n1-c1ccccc1C(c1ccccc1Cl)=CC2. The molecule has 1 amide bonds. The van der Waals surface area contributed by atoms with Crippen LogP contribution in [0, 0.1) is 0 Å². The Bertz CT molecular complexity index is 1120. The molecule has 4 nitrogen and oxygen atoms in total. The second kappa shape index (κ2) is 6.64. The van der Waals surface area contributed by atoms with Gasteiger partial charge in [0.1, 0.15) is 11.5 Å². The van der Waals surface area contributed by atoms with Crippen molar-refractivity contribution >= 4 is 23.1 Å². The standard InChI is InChI=1S/C23H22ClN3O/c1-23(2,3)22-26-20(21(25)28)19-13-12-14(15-8-4-6-10-17(15)24)16-9-5-7-11-18(16)27(19)22/h4-12H,13H2,1-3H3,(H2,25,28). The number of amides is 1. The molecular formula is C23H22ClN3O. The highest BCUT2D eigenvalue weighted by molar-refractivity contribution is 6.32. The predicted octanol–water partition coefficient (Wildman–Crippen LogP) is 4.91. The van der Waals surface area contributed by atoms with E-state index >= 15 is 0 Å². The number of hydrogen-bond acceptors (Lipinski definition) is 2. The molecule has 0 spiro atoms. The summed E-state index contributed by atoms with van der Waals surface area (Å²) in [7, 11) is 0. The van der Waals surface area contributed by atoms with Crippen molar-refractivity contribution in [2.75, 3.05) is 0 Å². The van der Waals surface area contributed by atoms with Gasteiger partial charge >= 0.3 is 0 Å². The van der Waals surface area contributed by atoms with Crippen LogP contribution in [0.5, 0.6) is 0 Å². The Balaban J connectivity index is 2.06. The lowest BCUT2D eigenvalue weighted by Crippen LogP contribution is -2.19. The van der Waals surface area contributed by atoms with Gasteiger partial charge in [-0.1, -0.05) is 74.8 Å². The van der Waals surface area contributed by atoms with Crippen LogP contribution in [-0.4, -0.2) is 15.5 Å². The Labute approximate surface area is 169 Å². The van der Waals surface area contributed by atoms with Gasteiger partial charge in [-0.2, -0.15) is 0 Å². The molecular weight excluding hydrogens is 370 g/mol. The van der Waals surface area contributed by atoms with Crippen LogP contribution >= 0.6 is 11.6 Å². The van der Waals surface area contributed by atoms with Crippen LogP contribution in [0.2, 0.25) is 5.02 Å². The minimum Gasteiger partial charge on any atom is -0.364 e. The van der Waals surface area contributed by atoms with Crippen molar-refractivity contribution in [3.63, 3.8) is 0 Å². The van der Waals surface area contributed by atoms with Gasteiger partial charge in [0.05, 0.1) is 11.4 Å². The molecule has 0 saturated carbocycles. The van der Waals surface area contributed by atoms with Crippen LogP contribution in [0.25, 0.3) is 11.3 Å². The number of carbonyl (C=O) groups excluding carboxylic acids is 1. The van der Waals surface area contributed by atoms with Gasteiger partial charge in [-0.05, 0) is 17.7 Å². The van der Waals surface area contributed by atoms with Crippen molar-refractivity contribution in [3.05, 3.63) is 88.0 Å². The van der Waals surface area contributed by atoms with E-state index in [0.29, 0.717) is 17.1 Å². The Hall–Kier alpha value is -2.85. The number of fused-ring (bicyclic) bond motifs is 3. The molecule has 1 aliphatic rings. The molecule has 1 aliphatic heterocycles. The molecule has 0 unspecified atom stereocenters. The van der Waals surface area contributed by atoms with E-state index in [1.807, 2.05) is 36.4 Å². The summed E-state index contributed by atoms with van der Waals surface area (Å²) in [5, 5.41) is 0.694. The number of nitrogens with zero attached hydrogens (tertiary/aromatic N) is 2. The summed E-state index contributed by atoms with van der Waals surface area (Å²) in [5.41, 5.74) is 10.6. The molecule has 5 heteroatoms. The number of allylic oxidation sites excluding steroid dienone is 1. The minimum absolute atomic E-state index is 0.259. The topological polar surface area (TPSA) is 60.9 Å². The highest BCUT2D eigenvalue weighted by Gasteiger charge is 2.31. The van der Waals surface area contributed by atoms with Crippen LogP contribution < -0.4 is 5.73 Å². The second-order valence-corrected chi connectivity index (χ2v) is 8.41. The minimum atomic E-state index is -0.508. The fourth-order valence-electron chi connectivity index (χ4n) is 3.74. The van der Waals surface area contributed by atoms with E-state index in [1.165, 1.54) is 0 Å². The van der Waals surface area contributed by atoms with Crippen LogP contribution in [0.15, 0.2) is 54.6 Å². The third-order valence-corrected chi connectivity index (χ3v) is 5.31. The van der Waals surface area contributed by atoms with E-state index < -0.39 is 5.91 Å². The number of rotatable bonds is 2. The van der Waals surface area contributed by atoms with Gasteiger partial charge in [-0.25, -0.2) is 4.98 Å². The van der Waals surface area contributed by atoms with Crippen molar-refractivity contribution in [1.29, 1.82) is 0 Å². The Morgan fingerprint density at radius 2 is 1.71 bits per heavy atom. The summed E-state index contributed by atoms with van der Waals surface area (Å²) >= 11 is 6.51. The van der Waals surface area contributed by atoms with Crippen molar-refractivity contribution in [2.24, 2.45) is 5.73 Å². The molecule has 28 heavy (non-hydrogen) atoms. The maximum Gasteiger partial charge on any atom is 0.269 e. The van der Waals surface area contributed by atoms with Gasteiger partial charge < -0.3 is 5.73 Å². The fraction of sp³-hybridized carbons (Fsp3) is 0.217. The molecule has 0 radical (unpaired) electrons. The highest BCUT2D eigenvalue weighted by Crippen LogP contribution is 2.38. The molecule has 1 aromatic heterocycles. The summed E-state index contributed by atoms with van der Waals surface area (Å²) < 4.78 is 2.09. The third-order valence-electron chi connectivity index (χ3n) is 4.98. The van der Waals surface area contributed by atoms with Crippen LogP contribution in [0.1, 0.15) is 53.9 Å². The predicted molar refractivity (Wildman–Crippen MR) is 113 cm³/mol. The van der Waals surface area contributed by atoms with E-state index in [0.717, 1.165) is 33.9 Å². The van der Waals surface area contributed by atoms with Gasteiger partial charge in [0.2, 0.25) is 0 Å². The van der Waals surface area contributed by atoms with Gasteiger partial charge in [0, 0.05) is 28.0 Å². The lowest BCUT2D eigenvalue weighted by Gasteiger charge is -2.22. The zero-order valence-corrected chi connectivity index (χ0v) is 16.9. The van der Waals surface area contributed by atoms with Gasteiger partial charge in [0.15, 0.2) is 0 Å². The first-order chi connectivity index (χ1) is 13.3. The zero-order valence-electron chi connectivity index (χ0n) is 16.2. The molecule has 0 fully saturated rings. The Morgan fingerprint density at radius 3 is 2.36 bits per heavy atom. The zero-order chi connectivity index (χ0) is 20.1. The number of benzene rings is 2. The van der Waals surface area contributed by atoms with Gasteiger partial charge in [-0.3, -0.25) is 9.36 Å². The maximum atomic E-state index is 12.1. The van der Waals surface area contributed by atoms with Gasteiger partial charge in [0.25, 0.3) is 5.91 Å². The van der Waals surface area contributed by atoms with Gasteiger partial charge in [-0.15, -0.1) is 0 Å². The van der Waals surface area contributed by atoms with E-state index in [-0.39, 0.29) is 5.41 Å². The third kappa shape index (κ3) is 2.94. The Morgan fingerprint density at radius 1 is 1.07 bits per heavy atom. The fourth-order valence-corrected chi connectivity index (χ4v) is 3.98. The molecule has 0 saturated heterocycles. The quantitative estimate of drug-likeness (QED) is 0.674. The number of hydrogen-bond donors (Lipinski definition) is 1. The number of primary amides is 1. The largest absolute Gasteiger partial charge is 0.364 e. The van der Waals surface area contributed by atoms with Crippen molar-refractivity contribution in [3.8, 4) is 5.69 Å². The van der Waals surface area contributed by atoms with E-state index in [1.54, 1.807) is 0 Å². The van der Waals surface area contributed by atoms with Crippen LogP contribution in [0.4, 0.5) is 0 Å². The molecule has 0 bridgehead atoms. The summed E-state index contributed by atoms with van der Waals surface area (Å²) in [6.45, 7) is 6.26. The first kappa shape index (κ1) is 18.5. The Kier molecular flexibility index (Phi) is 4.39. The van der Waals surface area contributed by atoms with Crippen molar-refractivity contribution < 1.29 is 4.79 Å². The number of para-hydroxylation sites is 1. The van der Waals surface area contributed by atoms with Crippen molar-refractivity contribution in [1.82, 2.24) is 9.55 Å². The summed E-state index contributed by atoms with van der Waals surface area (Å²) in [4.78, 5) is 16.8. The molecule has 142 valence electrons. The smallest absolute Gasteiger partial charge is 0.269 e. The lowest BCUT2D eigenvalue weighted by molar-refractivity contribution is 0.0995. The average Bonchev–Trinajstić information content (AvgIpc) is 2.96.